The van der Waals surface area contributed by atoms with Gasteiger partial charge in [0.1, 0.15) is 5.44 Å². The largest absolute Gasteiger partial charge is 0.394 e. The van der Waals surface area contributed by atoms with Crippen molar-refractivity contribution >= 4 is 12.6 Å². The fourth-order valence-corrected chi connectivity index (χ4v) is 1.38. The van der Waals surface area contributed by atoms with E-state index in [-0.39, 0.29) is 72.7 Å². The molecular formula is C23H60O12S. The molecule has 0 radical (unpaired) electrons. The number of hydrogen-bond acceptors (Lipinski definition) is 13. The Morgan fingerprint density at radius 1 is 0.389 bits per heavy atom. The highest BCUT2D eigenvalue weighted by Gasteiger charge is 1.89. The zero-order valence-electron chi connectivity index (χ0n) is 22.5. The minimum atomic E-state index is -0.866. The van der Waals surface area contributed by atoms with Gasteiger partial charge in [-0.25, -0.2) is 0 Å². The minimum Gasteiger partial charge on any atom is -0.394 e. The maximum atomic E-state index is 7.98. The van der Waals surface area contributed by atoms with Gasteiger partial charge in [-0.2, -0.15) is 0 Å². The first-order valence-corrected chi connectivity index (χ1v) is 12.8. The standard InChI is InChI=1S/C11H24.C2H6O2S.5C2H6O2/c1-3-5-7-9-11-10-8-6-4-2;3-1-2(4)5;5*3-1-2-4/h3-11H2,1-2H3;2-5H,1H2;5*3-4H,1-2H2. The molecule has 0 aliphatic heterocycles. The lowest BCUT2D eigenvalue weighted by atomic mass is 10.1. The van der Waals surface area contributed by atoms with E-state index in [1.165, 1.54) is 57.8 Å². The molecule has 1 unspecified atom stereocenters. The predicted molar refractivity (Wildman–Crippen MR) is 146 cm³/mol. The van der Waals surface area contributed by atoms with Crippen molar-refractivity contribution in [2.75, 3.05) is 72.7 Å². The summed E-state index contributed by atoms with van der Waals surface area (Å²) in [7, 11) is 0. The van der Waals surface area contributed by atoms with Crippen LogP contribution in [0.25, 0.3) is 0 Å². The maximum Gasteiger partial charge on any atom is 0.120 e. The van der Waals surface area contributed by atoms with Gasteiger partial charge < -0.3 is 61.3 Å². The molecule has 0 spiro atoms. The fourth-order valence-electron chi connectivity index (χ4n) is 1.38. The topological polar surface area (TPSA) is 243 Å². The second-order valence-electron chi connectivity index (χ2n) is 6.37. The number of rotatable bonds is 14. The average Bonchev–Trinajstić information content (AvgIpc) is 2.93. The molecule has 230 valence electrons. The van der Waals surface area contributed by atoms with Gasteiger partial charge in [0.15, 0.2) is 0 Å². The number of aliphatic hydroxyl groups excluding tert-OH is 12. The lowest BCUT2D eigenvalue weighted by molar-refractivity contribution is 0.162. The second-order valence-corrected chi connectivity index (χ2v) is 6.97. The molecule has 0 bridgehead atoms. The molecular weight excluding hydrogens is 500 g/mol. The summed E-state index contributed by atoms with van der Waals surface area (Å²) in [5.41, 5.74) is -0.866. The van der Waals surface area contributed by atoms with Crippen LogP contribution in [-0.4, -0.2) is 139 Å². The van der Waals surface area contributed by atoms with Crippen molar-refractivity contribution in [3.63, 3.8) is 0 Å². The normalized spacial score (nSPS) is 9.42. The van der Waals surface area contributed by atoms with Gasteiger partial charge in [0.05, 0.1) is 72.7 Å². The van der Waals surface area contributed by atoms with Crippen molar-refractivity contribution in [1.82, 2.24) is 0 Å². The van der Waals surface area contributed by atoms with E-state index in [1.807, 2.05) is 0 Å². The molecule has 0 rings (SSSR count). The predicted octanol–water partition coefficient (Wildman–Crippen LogP) is -1.38. The van der Waals surface area contributed by atoms with Crippen LogP contribution >= 0.6 is 12.6 Å². The lowest BCUT2D eigenvalue weighted by Crippen LogP contribution is -2.00. The van der Waals surface area contributed by atoms with E-state index in [9.17, 15) is 0 Å². The summed E-state index contributed by atoms with van der Waals surface area (Å²) >= 11 is 3.40. The quantitative estimate of drug-likeness (QED) is 0.0668. The van der Waals surface area contributed by atoms with E-state index in [0.717, 1.165) is 0 Å². The molecule has 1 atom stereocenters. The Labute approximate surface area is 223 Å². The average molecular weight is 561 g/mol. The highest BCUT2D eigenvalue weighted by atomic mass is 32.1. The van der Waals surface area contributed by atoms with E-state index in [0.29, 0.717) is 0 Å². The van der Waals surface area contributed by atoms with Crippen LogP contribution in [-0.2, 0) is 0 Å². The zero-order chi connectivity index (χ0) is 29.7. The van der Waals surface area contributed by atoms with Crippen LogP contribution in [0.5, 0.6) is 0 Å². The van der Waals surface area contributed by atoms with E-state index >= 15 is 0 Å². The van der Waals surface area contributed by atoms with Gasteiger partial charge in [-0.1, -0.05) is 71.6 Å². The van der Waals surface area contributed by atoms with Crippen LogP contribution in [0.15, 0.2) is 0 Å². The Bertz CT molecular complexity index is 204. The second kappa shape index (κ2) is 76.5. The molecule has 0 aromatic rings. The molecule has 0 fully saturated rings. The van der Waals surface area contributed by atoms with Crippen molar-refractivity contribution in [3.8, 4) is 0 Å². The van der Waals surface area contributed by atoms with Crippen LogP contribution in [0.4, 0.5) is 0 Å². The molecule has 0 amide bonds. The number of thiol groups is 1. The summed E-state index contributed by atoms with van der Waals surface area (Å²) in [6.45, 7) is 3.03. The van der Waals surface area contributed by atoms with Crippen molar-refractivity contribution in [1.29, 1.82) is 0 Å². The Kier molecular flexibility index (Phi) is 111. The first-order valence-electron chi connectivity index (χ1n) is 12.3. The molecule has 0 aliphatic rings. The number of unbranched alkanes of at least 4 members (excludes halogenated alkanes) is 8. The summed E-state index contributed by atoms with van der Waals surface area (Å²) < 4.78 is 0. The summed E-state index contributed by atoms with van der Waals surface area (Å²) in [6, 6.07) is 0. The van der Waals surface area contributed by atoms with Gasteiger partial charge in [0.25, 0.3) is 0 Å². The smallest absolute Gasteiger partial charge is 0.120 e. The molecule has 0 aromatic heterocycles. The van der Waals surface area contributed by atoms with Gasteiger partial charge in [-0.15, -0.1) is 12.6 Å². The monoisotopic (exact) mass is 560 g/mol. The molecule has 0 saturated heterocycles. The molecule has 0 aliphatic carbocycles. The molecule has 36 heavy (non-hydrogen) atoms. The Hall–Kier alpha value is -0.130. The van der Waals surface area contributed by atoms with Crippen LogP contribution in [0.1, 0.15) is 71.6 Å². The van der Waals surface area contributed by atoms with E-state index in [1.54, 1.807) is 0 Å². The maximum absolute atomic E-state index is 7.98. The Morgan fingerprint density at radius 2 is 0.528 bits per heavy atom. The molecule has 12 nitrogen and oxygen atoms in total. The van der Waals surface area contributed by atoms with Gasteiger partial charge in [0, 0.05) is 0 Å². The van der Waals surface area contributed by atoms with Gasteiger partial charge in [-0.3, -0.25) is 0 Å². The molecule has 13 heteroatoms. The summed E-state index contributed by atoms with van der Waals surface area (Å²) in [6.07, 6.45) is 13.0. The molecule has 0 saturated carbocycles. The minimum absolute atomic E-state index is 0.125. The van der Waals surface area contributed by atoms with Crippen molar-refractivity contribution < 1.29 is 61.3 Å². The van der Waals surface area contributed by atoms with Crippen molar-refractivity contribution in [2.45, 2.75) is 77.1 Å². The van der Waals surface area contributed by atoms with Crippen molar-refractivity contribution in [3.05, 3.63) is 0 Å². The molecule has 12 N–H and O–H groups in total. The van der Waals surface area contributed by atoms with Crippen LogP contribution in [0.3, 0.4) is 0 Å². The van der Waals surface area contributed by atoms with Crippen LogP contribution < -0.4 is 0 Å². The molecule has 0 heterocycles. The van der Waals surface area contributed by atoms with E-state index in [2.05, 4.69) is 26.5 Å². The highest BCUT2D eigenvalue weighted by Crippen LogP contribution is 2.08. The Balaban J connectivity index is -0.0000000579. The summed E-state index contributed by atoms with van der Waals surface area (Å²) in [5, 5.41) is 92.0. The Morgan fingerprint density at radius 3 is 0.611 bits per heavy atom. The van der Waals surface area contributed by atoms with Gasteiger partial charge >= 0.3 is 0 Å². The third-order valence-electron chi connectivity index (χ3n) is 2.87. The van der Waals surface area contributed by atoms with E-state index < -0.39 is 5.44 Å². The SMILES string of the molecule is CCCCCCCCCCC.OCC(O)S.OCCO.OCCO.OCCO.OCCO.OCCO. The van der Waals surface area contributed by atoms with Crippen LogP contribution in [0.2, 0.25) is 0 Å². The zero-order valence-corrected chi connectivity index (χ0v) is 23.4. The third kappa shape index (κ3) is 165. The summed E-state index contributed by atoms with van der Waals surface area (Å²) in [5.74, 6) is 0. The number of aliphatic hydroxyl groups is 12. The third-order valence-corrected chi connectivity index (χ3v) is 3.03. The summed E-state index contributed by atoms with van der Waals surface area (Å²) in [4.78, 5) is 0. The van der Waals surface area contributed by atoms with Crippen molar-refractivity contribution in [2.24, 2.45) is 0 Å². The van der Waals surface area contributed by atoms with Gasteiger partial charge in [0.2, 0.25) is 0 Å². The highest BCUT2D eigenvalue weighted by molar-refractivity contribution is 7.80. The van der Waals surface area contributed by atoms with Crippen LogP contribution in [0, 0.1) is 0 Å². The molecule has 0 aromatic carbocycles. The van der Waals surface area contributed by atoms with E-state index in [4.69, 9.17) is 61.3 Å². The lowest BCUT2D eigenvalue weighted by Gasteiger charge is -1.98. The first-order chi connectivity index (χ1) is 17.3. The first kappa shape index (κ1) is 52.3. The fraction of sp³-hybridized carbons (Fsp3) is 1.00. The number of hydrogen-bond donors (Lipinski definition) is 13. The van der Waals surface area contributed by atoms with Gasteiger partial charge in [-0.05, 0) is 0 Å².